The molecular formula is C20H23F4N3O5S. The maximum Gasteiger partial charge on any atom is 0.416 e. The number of hydrogen-bond acceptors (Lipinski definition) is 7. The Morgan fingerprint density at radius 1 is 1.24 bits per heavy atom. The zero-order chi connectivity index (χ0) is 25.2. The molecule has 1 heterocycles. The van der Waals surface area contributed by atoms with Gasteiger partial charge in [0.1, 0.15) is 10.7 Å². The summed E-state index contributed by atoms with van der Waals surface area (Å²) in [5.41, 5.74) is 3.15. The summed E-state index contributed by atoms with van der Waals surface area (Å²) in [5.74, 6) is -2.41. The fourth-order valence-electron chi connectivity index (χ4n) is 2.52. The molecule has 1 atom stereocenters. The second-order valence-electron chi connectivity index (χ2n) is 8.04. The number of alkyl halides is 3. The Morgan fingerprint density at radius 2 is 1.88 bits per heavy atom. The van der Waals surface area contributed by atoms with Crippen molar-refractivity contribution in [1.29, 1.82) is 0 Å². The van der Waals surface area contributed by atoms with Crippen molar-refractivity contribution in [1.82, 2.24) is 10.3 Å². The van der Waals surface area contributed by atoms with Crippen LogP contribution in [-0.2, 0) is 20.8 Å². The number of aromatic nitrogens is 1. The number of carbonyl (C=O) groups is 1. The van der Waals surface area contributed by atoms with Gasteiger partial charge < -0.3 is 20.9 Å². The first-order valence-electron chi connectivity index (χ1n) is 9.50. The lowest BCUT2D eigenvalue weighted by Gasteiger charge is -2.22. The minimum atomic E-state index is -4.85. The van der Waals surface area contributed by atoms with Crippen LogP contribution in [0, 0.1) is 5.82 Å². The number of aliphatic hydroxyl groups is 1. The molecule has 0 fully saturated rings. The first kappa shape index (κ1) is 26.5. The molecule has 33 heavy (non-hydrogen) atoms. The van der Waals surface area contributed by atoms with E-state index < -0.39 is 54.8 Å². The van der Waals surface area contributed by atoms with Crippen molar-refractivity contribution in [2.24, 2.45) is 0 Å². The van der Waals surface area contributed by atoms with Crippen LogP contribution in [0.5, 0.6) is 0 Å². The fourth-order valence-corrected chi connectivity index (χ4v) is 3.81. The van der Waals surface area contributed by atoms with Gasteiger partial charge in [-0.1, -0.05) is 0 Å². The molecule has 0 radical (unpaired) electrons. The topological polar surface area (TPSA) is 132 Å². The summed E-state index contributed by atoms with van der Waals surface area (Å²) in [6.45, 7) is 5.11. The molecule has 1 unspecified atom stereocenters. The number of amides is 1. The lowest BCUT2D eigenvalue weighted by Crippen LogP contribution is -2.37. The van der Waals surface area contributed by atoms with Gasteiger partial charge in [0.05, 0.1) is 34.5 Å². The van der Waals surface area contributed by atoms with E-state index >= 15 is 0 Å². The fraction of sp³-hybridized carbons (Fsp3) is 0.400. The minimum Gasteiger partial charge on any atom is -0.397 e. The molecule has 0 aliphatic rings. The van der Waals surface area contributed by atoms with E-state index in [0.29, 0.717) is 12.1 Å². The van der Waals surface area contributed by atoms with E-state index in [1.165, 1.54) is 0 Å². The van der Waals surface area contributed by atoms with Gasteiger partial charge in [-0.05, 0) is 45.0 Å². The van der Waals surface area contributed by atoms with Crippen molar-refractivity contribution in [2.45, 2.75) is 48.4 Å². The van der Waals surface area contributed by atoms with Crippen LogP contribution < -0.4 is 11.1 Å². The first-order valence-corrected chi connectivity index (χ1v) is 11.0. The van der Waals surface area contributed by atoms with Crippen molar-refractivity contribution in [3.8, 4) is 0 Å². The van der Waals surface area contributed by atoms with Crippen molar-refractivity contribution in [3.05, 3.63) is 47.5 Å². The van der Waals surface area contributed by atoms with E-state index in [-0.39, 0.29) is 30.6 Å². The highest BCUT2D eigenvalue weighted by Gasteiger charge is 2.33. The van der Waals surface area contributed by atoms with Gasteiger partial charge in [0, 0.05) is 12.7 Å². The van der Waals surface area contributed by atoms with E-state index in [9.17, 15) is 35.9 Å². The number of carbonyl (C=O) groups excluding carboxylic acids is 1. The second-order valence-corrected chi connectivity index (χ2v) is 9.96. The molecule has 1 aromatic heterocycles. The molecule has 0 spiro atoms. The average molecular weight is 493 g/mol. The van der Waals surface area contributed by atoms with Gasteiger partial charge in [0.15, 0.2) is 5.69 Å². The van der Waals surface area contributed by atoms with E-state index in [2.05, 4.69) is 10.3 Å². The zero-order valence-electron chi connectivity index (χ0n) is 17.9. The normalized spacial score (nSPS) is 13.6. The van der Waals surface area contributed by atoms with Crippen molar-refractivity contribution in [2.75, 3.05) is 18.9 Å². The number of hydrogen-bond donors (Lipinski definition) is 3. The van der Waals surface area contributed by atoms with E-state index in [1.807, 2.05) is 0 Å². The second kappa shape index (κ2) is 9.61. The van der Waals surface area contributed by atoms with Gasteiger partial charge in [-0.3, -0.25) is 4.79 Å². The predicted octanol–water partition coefficient (Wildman–Crippen LogP) is 2.56. The molecule has 2 aromatic rings. The van der Waals surface area contributed by atoms with Crippen LogP contribution in [0.3, 0.4) is 0 Å². The summed E-state index contributed by atoms with van der Waals surface area (Å²) in [6.07, 6.45) is -5.15. The first-order chi connectivity index (χ1) is 15.0. The monoisotopic (exact) mass is 493 g/mol. The lowest BCUT2D eigenvalue weighted by molar-refractivity contribution is -0.137. The molecule has 0 saturated carbocycles. The van der Waals surface area contributed by atoms with Gasteiger partial charge in [-0.15, -0.1) is 0 Å². The molecule has 13 heteroatoms. The van der Waals surface area contributed by atoms with Crippen molar-refractivity contribution >= 4 is 21.4 Å². The third-order valence-electron chi connectivity index (χ3n) is 4.17. The Bertz CT molecular complexity index is 1130. The number of anilines is 1. The standard InChI is InChI=1S/C20H23F4N3O5S/c1-19(2,3)32-10-12(28)8-27-18(29)17-15(25)7-13(9-26-17)33(30,31)16-5-4-11(6-14(16)21)20(22,23)24/h4-7,9,12,28H,8,10,25H2,1-3H3,(H,27,29). The van der Waals surface area contributed by atoms with Crippen molar-refractivity contribution in [3.63, 3.8) is 0 Å². The third-order valence-corrected chi connectivity index (χ3v) is 5.93. The van der Waals surface area contributed by atoms with Crippen LogP contribution in [0.2, 0.25) is 0 Å². The van der Waals surface area contributed by atoms with Crippen LogP contribution in [0.25, 0.3) is 0 Å². The lowest BCUT2D eigenvalue weighted by atomic mass is 10.2. The zero-order valence-corrected chi connectivity index (χ0v) is 18.7. The maximum absolute atomic E-state index is 14.2. The SMILES string of the molecule is CC(C)(C)OCC(O)CNC(=O)c1ncc(S(=O)(=O)c2ccc(C(F)(F)F)cc2F)cc1N. The summed E-state index contributed by atoms with van der Waals surface area (Å²) in [6, 6.07) is 1.84. The molecule has 2 rings (SSSR count). The number of ether oxygens (including phenoxy) is 1. The predicted molar refractivity (Wildman–Crippen MR) is 110 cm³/mol. The number of halogens is 4. The smallest absolute Gasteiger partial charge is 0.397 e. The highest BCUT2D eigenvalue weighted by atomic mass is 32.2. The average Bonchev–Trinajstić information content (AvgIpc) is 2.68. The van der Waals surface area contributed by atoms with Crippen LogP contribution in [-0.4, -0.2) is 49.3 Å². The Hall–Kier alpha value is -2.77. The Kier molecular flexibility index (Phi) is 7.71. The number of nitrogens with one attached hydrogen (secondary N) is 1. The summed E-state index contributed by atoms with van der Waals surface area (Å²) < 4.78 is 82.9. The van der Waals surface area contributed by atoms with Gasteiger partial charge >= 0.3 is 6.18 Å². The number of pyridine rings is 1. The number of aliphatic hydroxyl groups excluding tert-OH is 1. The number of rotatable bonds is 7. The molecule has 8 nitrogen and oxygen atoms in total. The number of nitrogen functional groups attached to an aromatic ring is 1. The van der Waals surface area contributed by atoms with E-state index in [0.717, 1.165) is 12.3 Å². The highest BCUT2D eigenvalue weighted by molar-refractivity contribution is 7.91. The highest BCUT2D eigenvalue weighted by Crippen LogP contribution is 2.32. The number of benzene rings is 1. The largest absolute Gasteiger partial charge is 0.416 e. The molecule has 0 aliphatic carbocycles. The summed E-state index contributed by atoms with van der Waals surface area (Å²) >= 11 is 0. The van der Waals surface area contributed by atoms with Gasteiger partial charge in [-0.2, -0.15) is 13.2 Å². The molecule has 1 amide bonds. The molecule has 1 aromatic carbocycles. The quantitative estimate of drug-likeness (QED) is 0.505. The van der Waals surface area contributed by atoms with Crippen molar-refractivity contribution < 1.29 is 40.6 Å². The maximum atomic E-state index is 14.2. The van der Waals surface area contributed by atoms with Crippen LogP contribution in [0.1, 0.15) is 36.8 Å². The summed E-state index contributed by atoms with van der Waals surface area (Å²) in [5, 5.41) is 12.2. The molecule has 0 aliphatic heterocycles. The third kappa shape index (κ3) is 6.85. The molecular weight excluding hydrogens is 470 g/mol. The van der Waals surface area contributed by atoms with Crippen LogP contribution >= 0.6 is 0 Å². The van der Waals surface area contributed by atoms with Gasteiger partial charge in [0.25, 0.3) is 5.91 Å². The minimum absolute atomic E-state index is 0.0530. The Labute approximate surface area is 187 Å². The van der Waals surface area contributed by atoms with Crippen LogP contribution in [0.15, 0.2) is 40.3 Å². The molecule has 0 bridgehead atoms. The molecule has 4 N–H and O–H groups in total. The molecule has 182 valence electrons. The Morgan fingerprint density at radius 3 is 2.39 bits per heavy atom. The van der Waals surface area contributed by atoms with E-state index in [4.69, 9.17) is 10.5 Å². The molecule has 0 saturated heterocycles. The Balaban J connectivity index is 2.19. The summed E-state index contributed by atoms with van der Waals surface area (Å²) in [4.78, 5) is 14.3. The van der Waals surface area contributed by atoms with Gasteiger partial charge in [-0.25, -0.2) is 17.8 Å². The number of sulfone groups is 1. The van der Waals surface area contributed by atoms with Crippen LogP contribution in [0.4, 0.5) is 23.2 Å². The summed E-state index contributed by atoms with van der Waals surface area (Å²) in [7, 11) is -4.62. The number of nitrogens with zero attached hydrogens (tertiary/aromatic N) is 1. The van der Waals surface area contributed by atoms with Gasteiger partial charge in [0.2, 0.25) is 9.84 Å². The number of nitrogens with two attached hydrogens (primary N) is 1. The van der Waals surface area contributed by atoms with E-state index in [1.54, 1.807) is 20.8 Å².